The van der Waals surface area contributed by atoms with Crippen molar-refractivity contribution in [1.82, 2.24) is 10.3 Å². The summed E-state index contributed by atoms with van der Waals surface area (Å²) in [4.78, 5) is 27.7. The summed E-state index contributed by atoms with van der Waals surface area (Å²) < 4.78 is 0. The SMILES string of the molecule is Cc1ccc([C@H](C)NC(=O)C(=O)c2c[nH]c3ccccc23)cc1. The molecule has 0 bridgehead atoms. The number of benzene rings is 2. The number of carbonyl (C=O) groups is 2. The Morgan fingerprint density at radius 2 is 1.74 bits per heavy atom. The largest absolute Gasteiger partial charge is 0.360 e. The highest BCUT2D eigenvalue weighted by atomic mass is 16.2. The van der Waals surface area contributed by atoms with Gasteiger partial charge in [0.25, 0.3) is 11.7 Å². The van der Waals surface area contributed by atoms with Gasteiger partial charge in [-0.2, -0.15) is 0 Å². The molecule has 4 nitrogen and oxygen atoms in total. The van der Waals surface area contributed by atoms with Crippen molar-refractivity contribution < 1.29 is 9.59 Å². The molecule has 1 heterocycles. The molecular weight excluding hydrogens is 288 g/mol. The molecule has 0 saturated heterocycles. The summed E-state index contributed by atoms with van der Waals surface area (Å²) in [6, 6.07) is 15.1. The van der Waals surface area contributed by atoms with Crippen molar-refractivity contribution in [3.8, 4) is 0 Å². The number of aromatic nitrogens is 1. The van der Waals surface area contributed by atoms with Crippen molar-refractivity contribution in [2.75, 3.05) is 0 Å². The van der Waals surface area contributed by atoms with Crippen LogP contribution in [0.3, 0.4) is 0 Å². The van der Waals surface area contributed by atoms with Crippen molar-refractivity contribution in [3.05, 3.63) is 71.4 Å². The number of aryl methyl sites for hydroxylation is 1. The fraction of sp³-hybridized carbons (Fsp3) is 0.158. The van der Waals surface area contributed by atoms with Gasteiger partial charge in [0.1, 0.15) is 0 Å². The minimum Gasteiger partial charge on any atom is -0.360 e. The van der Waals surface area contributed by atoms with Gasteiger partial charge >= 0.3 is 0 Å². The van der Waals surface area contributed by atoms with E-state index in [0.29, 0.717) is 5.56 Å². The summed E-state index contributed by atoms with van der Waals surface area (Å²) in [5, 5.41) is 3.53. The molecule has 1 amide bonds. The molecule has 2 N–H and O–H groups in total. The van der Waals surface area contributed by atoms with Crippen LogP contribution in [0.4, 0.5) is 0 Å². The highest BCUT2D eigenvalue weighted by molar-refractivity contribution is 6.45. The van der Waals surface area contributed by atoms with Gasteiger partial charge in [-0.25, -0.2) is 0 Å². The number of rotatable bonds is 4. The Balaban J connectivity index is 1.77. The van der Waals surface area contributed by atoms with E-state index in [1.165, 1.54) is 0 Å². The van der Waals surface area contributed by atoms with E-state index in [-0.39, 0.29) is 6.04 Å². The highest BCUT2D eigenvalue weighted by Gasteiger charge is 2.21. The van der Waals surface area contributed by atoms with Gasteiger partial charge in [0, 0.05) is 17.1 Å². The standard InChI is InChI=1S/C19H18N2O2/c1-12-7-9-14(10-8-12)13(2)21-19(23)18(22)16-11-20-17-6-4-3-5-15(16)17/h3-11,13,20H,1-2H3,(H,21,23)/t13-/m0/s1. The normalized spacial score (nSPS) is 12.1. The Morgan fingerprint density at radius 1 is 1.04 bits per heavy atom. The average Bonchev–Trinajstić information content (AvgIpc) is 2.98. The zero-order valence-electron chi connectivity index (χ0n) is 13.1. The van der Waals surface area contributed by atoms with Gasteiger partial charge in [-0.3, -0.25) is 9.59 Å². The predicted octanol–water partition coefficient (Wildman–Crippen LogP) is 3.54. The van der Waals surface area contributed by atoms with Gasteiger partial charge in [-0.05, 0) is 25.5 Å². The molecule has 0 aliphatic heterocycles. The fourth-order valence-electron chi connectivity index (χ4n) is 2.58. The molecule has 0 aliphatic rings. The average molecular weight is 306 g/mol. The smallest absolute Gasteiger partial charge is 0.292 e. The maximum Gasteiger partial charge on any atom is 0.292 e. The quantitative estimate of drug-likeness (QED) is 0.572. The van der Waals surface area contributed by atoms with E-state index in [0.717, 1.165) is 22.0 Å². The topological polar surface area (TPSA) is 62.0 Å². The monoisotopic (exact) mass is 306 g/mol. The third-order valence-electron chi connectivity index (χ3n) is 3.97. The molecule has 0 unspecified atom stereocenters. The Hall–Kier alpha value is -2.88. The van der Waals surface area contributed by atoms with Crippen LogP contribution in [0.5, 0.6) is 0 Å². The fourth-order valence-corrected chi connectivity index (χ4v) is 2.58. The number of hydrogen-bond donors (Lipinski definition) is 2. The molecule has 0 spiro atoms. The number of nitrogens with one attached hydrogen (secondary N) is 2. The number of hydrogen-bond acceptors (Lipinski definition) is 2. The molecule has 0 radical (unpaired) electrons. The van der Waals surface area contributed by atoms with Crippen LogP contribution in [0.2, 0.25) is 0 Å². The Kier molecular flexibility index (Phi) is 3.98. The van der Waals surface area contributed by atoms with Gasteiger partial charge in [0.15, 0.2) is 0 Å². The van der Waals surface area contributed by atoms with Crippen molar-refractivity contribution >= 4 is 22.6 Å². The van der Waals surface area contributed by atoms with Crippen LogP contribution in [-0.4, -0.2) is 16.7 Å². The summed E-state index contributed by atoms with van der Waals surface area (Å²) in [5.74, 6) is -1.12. The molecule has 3 aromatic rings. The minimum atomic E-state index is -0.595. The molecule has 1 aromatic heterocycles. The van der Waals surface area contributed by atoms with Crippen LogP contribution < -0.4 is 5.32 Å². The van der Waals surface area contributed by atoms with Gasteiger partial charge < -0.3 is 10.3 Å². The molecule has 0 saturated carbocycles. The van der Waals surface area contributed by atoms with Crippen molar-refractivity contribution in [2.45, 2.75) is 19.9 Å². The van der Waals surface area contributed by atoms with E-state index >= 15 is 0 Å². The van der Waals surface area contributed by atoms with Crippen molar-refractivity contribution in [1.29, 1.82) is 0 Å². The molecule has 2 aromatic carbocycles. The van der Waals surface area contributed by atoms with E-state index in [1.807, 2.05) is 62.4 Å². The third kappa shape index (κ3) is 3.01. The van der Waals surface area contributed by atoms with Crippen LogP contribution in [0.15, 0.2) is 54.7 Å². The number of para-hydroxylation sites is 1. The lowest BCUT2D eigenvalue weighted by molar-refractivity contribution is -0.117. The Labute approximate surface area is 134 Å². The molecule has 1 atom stereocenters. The zero-order valence-corrected chi connectivity index (χ0v) is 13.1. The Bertz CT molecular complexity index is 862. The number of ketones is 1. The van der Waals surface area contributed by atoms with Crippen LogP contribution in [0.1, 0.15) is 34.5 Å². The van der Waals surface area contributed by atoms with Crippen LogP contribution in [0.25, 0.3) is 10.9 Å². The van der Waals surface area contributed by atoms with Gasteiger partial charge in [-0.1, -0.05) is 48.0 Å². The van der Waals surface area contributed by atoms with E-state index in [4.69, 9.17) is 0 Å². The molecule has 0 aliphatic carbocycles. The first kappa shape index (κ1) is 15.0. The molecule has 0 fully saturated rings. The molecule has 23 heavy (non-hydrogen) atoms. The van der Waals surface area contributed by atoms with Gasteiger partial charge in [-0.15, -0.1) is 0 Å². The number of carbonyl (C=O) groups excluding carboxylic acids is 2. The Morgan fingerprint density at radius 3 is 2.48 bits per heavy atom. The van der Waals surface area contributed by atoms with E-state index in [2.05, 4.69) is 10.3 Å². The van der Waals surface area contributed by atoms with E-state index < -0.39 is 11.7 Å². The zero-order chi connectivity index (χ0) is 16.4. The lowest BCUT2D eigenvalue weighted by Gasteiger charge is -2.13. The first-order chi connectivity index (χ1) is 11.1. The first-order valence-corrected chi connectivity index (χ1v) is 7.54. The summed E-state index contributed by atoms with van der Waals surface area (Å²) in [5.41, 5.74) is 3.36. The number of H-pyrrole nitrogens is 1. The summed E-state index contributed by atoms with van der Waals surface area (Å²) in [7, 11) is 0. The summed E-state index contributed by atoms with van der Waals surface area (Å²) >= 11 is 0. The van der Waals surface area contributed by atoms with Crippen LogP contribution in [-0.2, 0) is 4.79 Å². The van der Waals surface area contributed by atoms with Crippen LogP contribution >= 0.6 is 0 Å². The maximum absolute atomic E-state index is 12.4. The van der Waals surface area contributed by atoms with Gasteiger partial charge in [0.2, 0.25) is 0 Å². The van der Waals surface area contributed by atoms with E-state index in [9.17, 15) is 9.59 Å². The molecule has 3 rings (SSSR count). The number of amides is 1. The lowest BCUT2D eigenvalue weighted by Crippen LogP contribution is -2.33. The van der Waals surface area contributed by atoms with Crippen molar-refractivity contribution in [3.63, 3.8) is 0 Å². The lowest BCUT2D eigenvalue weighted by atomic mass is 10.1. The highest BCUT2D eigenvalue weighted by Crippen LogP contribution is 2.19. The minimum absolute atomic E-state index is 0.225. The number of aromatic amines is 1. The maximum atomic E-state index is 12.4. The summed E-state index contributed by atoms with van der Waals surface area (Å²) in [6.07, 6.45) is 1.59. The second-order valence-electron chi connectivity index (χ2n) is 5.68. The molecule has 4 heteroatoms. The van der Waals surface area contributed by atoms with Crippen LogP contribution in [0, 0.1) is 6.92 Å². The molecule has 116 valence electrons. The predicted molar refractivity (Wildman–Crippen MR) is 90.4 cm³/mol. The summed E-state index contributed by atoms with van der Waals surface area (Å²) in [6.45, 7) is 3.87. The van der Waals surface area contributed by atoms with Gasteiger partial charge in [0.05, 0.1) is 11.6 Å². The molecular formula is C19H18N2O2. The van der Waals surface area contributed by atoms with Crippen molar-refractivity contribution in [2.24, 2.45) is 0 Å². The van der Waals surface area contributed by atoms with E-state index in [1.54, 1.807) is 6.20 Å². The third-order valence-corrected chi connectivity index (χ3v) is 3.97. The number of fused-ring (bicyclic) bond motifs is 1. The first-order valence-electron chi connectivity index (χ1n) is 7.54. The second kappa shape index (κ2) is 6.08. The number of Topliss-reactive ketones (excluding diaryl/α,β-unsaturated/α-hetero) is 1. The second-order valence-corrected chi connectivity index (χ2v) is 5.68.